The fraction of sp³-hybridized carbons (Fsp3) is 0.0769. The van der Waals surface area contributed by atoms with Crippen molar-refractivity contribution in [2.24, 2.45) is 0 Å². The smallest absolute Gasteiger partial charge is 0.289 e. The Morgan fingerprint density at radius 1 is 1.37 bits per heavy atom. The molecule has 0 spiro atoms. The number of nitrogens with zero attached hydrogens (tertiary/aromatic N) is 3. The van der Waals surface area contributed by atoms with Crippen LogP contribution in [0.1, 0.15) is 11.1 Å². The lowest BCUT2D eigenvalue weighted by Gasteiger charge is -2.06. The van der Waals surface area contributed by atoms with Gasteiger partial charge in [-0.05, 0) is 5.56 Å². The van der Waals surface area contributed by atoms with Crippen molar-refractivity contribution in [1.29, 1.82) is 5.26 Å². The highest BCUT2D eigenvalue weighted by molar-refractivity contribution is 5.55. The zero-order chi connectivity index (χ0) is 13.7. The Morgan fingerprint density at radius 3 is 2.74 bits per heavy atom. The molecule has 0 saturated carbocycles. The molecule has 2 aromatic rings. The van der Waals surface area contributed by atoms with E-state index in [0.29, 0.717) is 12.4 Å². The van der Waals surface area contributed by atoms with Crippen LogP contribution in [0.5, 0.6) is 0 Å². The van der Waals surface area contributed by atoms with Crippen molar-refractivity contribution in [3.05, 3.63) is 63.8 Å². The van der Waals surface area contributed by atoms with Crippen LogP contribution in [-0.4, -0.2) is 9.91 Å². The first kappa shape index (κ1) is 12.5. The van der Waals surface area contributed by atoms with Gasteiger partial charge in [0.05, 0.1) is 4.92 Å². The molecular weight excluding hydrogens is 244 g/mol. The average molecular weight is 254 g/mol. The van der Waals surface area contributed by atoms with E-state index >= 15 is 0 Å². The predicted molar refractivity (Wildman–Crippen MR) is 69.4 cm³/mol. The summed E-state index contributed by atoms with van der Waals surface area (Å²) in [6.07, 6.45) is 1.13. The van der Waals surface area contributed by atoms with Crippen molar-refractivity contribution in [3.63, 3.8) is 0 Å². The highest BCUT2D eigenvalue weighted by atomic mass is 16.6. The summed E-state index contributed by atoms with van der Waals surface area (Å²) >= 11 is 0. The van der Waals surface area contributed by atoms with Gasteiger partial charge in [-0.25, -0.2) is 4.98 Å². The van der Waals surface area contributed by atoms with Gasteiger partial charge in [-0.3, -0.25) is 10.1 Å². The molecule has 0 amide bonds. The molecular formula is C13H10N4O2. The van der Waals surface area contributed by atoms with Crippen LogP contribution in [-0.2, 0) is 6.54 Å². The highest BCUT2D eigenvalue weighted by Crippen LogP contribution is 2.18. The minimum Gasteiger partial charge on any atom is -0.365 e. The lowest BCUT2D eigenvalue weighted by Crippen LogP contribution is -2.04. The van der Waals surface area contributed by atoms with Crippen LogP contribution >= 0.6 is 0 Å². The van der Waals surface area contributed by atoms with E-state index in [1.807, 2.05) is 36.4 Å². The van der Waals surface area contributed by atoms with Crippen molar-refractivity contribution in [2.75, 3.05) is 5.32 Å². The molecule has 1 aromatic carbocycles. The normalized spacial score (nSPS) is 9.63. The Morgan fingerprint density at radius 2 is 2.11 bits per heavy atom. The van der Waals surface area contributed by atoms with E-state index in [1.165, 1.54) is 6.07 Å². The van der Waals surface area contributed by atoms with Crippen LogP contribution in [0.15, 0.2) is 42.6 Å². The molecule has 94 valence electrons. The summed E-state index contributed by atoms with van der Waals surface area (Å²) in [6, 6.07) is 12.7. The number of nitrogens with one attached hydrogen (secondary N) is 1. The lowest BCUT2D eigenvalue weighted by molar-refractivity contribution is -0.385. The van der Waals surface area contributed by atoms with Crippen molar-refractivity contribution in [3.8, 4) is 6.07 Å². The topological polar surface area (TPSA) is 91.8 Å². The first-order valence-corrected chi connectivity index (χ1v) is 5.53. The van der Waals surface area contributed by atoms with Gasteiger partial charge in [0.1, 0.15) is 23.6 Å². The van der Waals surface area contributed by atoms with Crippen LogP contribution in [0, 0.1) is 21.4 Å². The van der Waals surface area contributed by atoms with E-state index in [9.17, 15) is 10.1 Å². The molecule has 0 unspecified atom stereocenters. The standard InChI is InChI=1S/C13H10N4O2/c14-7-11-6-12(17(18)19)9-16-13(11)15-8-10-4-2-1-3-5-10/h1-6,9H,8H2,(H,15,16). The molecule has 0 bridgehead atoms. The second-order valence-electron chi connectivity index (χ2n) is 3.80. The number of hydrogen-bond donors (Lipinski definition) is 1. The average Bonchev–Trinajstić information content (AvgIpc) is 2.45. The minimum atomic E-state index is -0.575. The molecule has 0 aliphatic carbocycles. The maximum Gasteiger partial charge on any atom is 0.289 e. The number of pyridine rings is 1. The molecule has 1 N–H and O–H groups in total. The zero-order valence-electron chi connectivity index (χ0n) is 9.91. The number of nitro groups is 1. The van der Waals surface area contributed by atoms with E-state index in [1.54, 1.807) is 0 Å². The third-order valence-corrected chi connectivity index (χ3v) is 2.51. The van der Waals surface area contributed by atoms with E-state index < -0.39 is 4.92 Å². The summed E-state index contributed by atoms with van der Waals surface area (Å²) in [5.41, 5.74) is 0.999. The molecule has 0 atom stereocenters. The number of benzene rings is 1. The lowest BCUT2D eigenvalue weighted by atomic mass is 10.2. The minimum absolute atomic E-state index is 0.158. The summed E-state index contributed by atoms with van der Waals surface area (Å²) in [5.74, 6) is 0.344. The Balaban J connectivity index is 2.17. The maximum absolute atomic E-state index is 10.6. The SMILES string of the molecule is N#Cc1cc([N+](=O)[O-])cnc1NCc1ccccc1. The van der Waals surface area contributed by atoms with Crippen LogP contribution < -0.4 is 5.32 Å². The molecule has 2 rings (SSSR count). The molecule has 0 fully saturated rings. The first-order chi connectivity index (χ1) is 9.20. The largest absolute Gasteiger partial charge is 0.365 e. The first-order valence-electron chi connectivity index (χ1n) is 5.53. The number of anilines is 1. The van der Waals surface area contributed by atoms with Crippen LogP contribution in [0.25, 0.3) is 0 Å². The van der Waals surface area contributed by atoms with Crippen molar-refractivity contribution >= 4 is 11.5 Å². The van der Waals surface area contributed by atoms with Gasteiger partial charge in [0.25, 0.3) is 5.69 Å². The van der Waals surface area contributed by atoms with Gasteiger partial charge < -0.3 is 5.32 Å². The highest BCUT2D eigenvalue weighted by Gasteiger charge is 2.11. The molecule has 19 heavy (non-hydrogen) atoms. The van der Waals surface area contributed by atoms with Crippen LogP contribution in [0.4, 0.5) is 11.5 Å². The molecule has 1 aromatic heterocycles. The van der Waals surface area contributed by atoms with Gasteiger partial charge in [0.15, 0.2) is 0 Å². The molecule has 6 heteroatoms. The van der Waals surface area contributed by atoms with E-state index in [0.717, 1.165) is 11.8 Å². The summed E-state index contributed by atoms with van der Waals surface area (Å²) < 4.78 is 0. The van der Waals surface area contributed by atoms with Gasteiger partial charge in [-0.15, -0.1) is 0 Å². The van der Waals surface area contributed by atoms with Crippen molar-refractivity contribution < 1.29 is 4.92 Å². The van der Waals surface area contributed by atoms with Crippen LogP contribution in [0.2, 0.25) is 0 Å². The monoisotopic (exact) mass is 254 g/mol. The summed E-state index contributed by atoms with van der Waals surface area (Å²) in [7, 11) is 0. The quantitative estimate of drug-likeness (QED) is 0.668. The fourth-order valence-corrected chi connectivity index (χ4v) is 1.56. The van der Waals surface area contributed by atoms with Gasteiger partial charge in [0, 0.05) is 12.6 Å². The van der Waals surface area contributed by atoms with E-state index in [2.05, 4.69) is 10.3 Å². The number of hydrogen-bond acceptors (Lipinski definition) is 5. The fourth-order valence-electron chi connectivity index (χ4n) is 1.56. The maximum atomic E-state index is 10.6. The van der Waals surface area contributed by atoms with Gasteiger partial charge >= 0.3 is 0 Å². The summed E-state index contributed by atoms with van der Waals surface area (Å²) in [4.78, 5) is 13.9. The number of aromatic nitrogens is 1. The Kier molecular flexibility index (Phi) is 3.69. The Hall–Kier alpha value is -2.94. The van der Waals surface area contributed by atoms with Crippen molar-refractivity contribution in [1.82, 2.24) is 4.98 Å². The summed E-state index contributed by atoms with van der Waals surface area (Å²) in [5, 5.41) is 22.6. The molecule has 0 aliphatic heterocycles. The third kappa shape index (κ3) is 3.04. The Bertz CT molecular complexity index is 635. The molecule has 6 nitrogen and oxygen atoms in total. The second-order valence-corrected chi connectivity index (χ2v) is 3.80. The molecule has 1 heterocycles. The van der Waals surface area contributed by atoms with E-state index in [-0.39, 0.29) is 11.3 Å². The van der Waals surface area contributed by atoms with Gasteiger partial charge in [-0.2, -0.15) is 5.26 Å². The van der Waals surface area contributed by atoms with Crippen LogP contribution in [0.3, 0.4) is 0 Å². The van der Waals surface area contributed by atoms with E-state index in [4.69, 9.17) is 5.26 Å². The second kappa shape index (κ2) is 5.60. The molecule has 0 aliphatic rings. The molecule has 0 radical (unpaired) electrons. The van der Waals surface area contributed by atoms with Gasteiger partial charge in [0.2, 0.25) is 0 Å². The predicted octanol–water partition coefficient (Wildman–Crippen LogP) is 2.47. The Labute approximate surface area is 109 Å². The summed E-state index contributed by atoms with van der Waals surface area (Å²) in [6.45, 7) is 0.500. The third-order valence-electron chi connectivity index (χ3n) is 2.51. The number of rotatable bonds is 4. The van der Waals surface area contributed by atoms with Gasteiger partial charge in [-0.1, -0.05) is 30.3 Å². The zero-order valence-corrected chi connectivity index (χ0v) is 9.91. The number of nitriles is 1. The van der Waals surface area contributed by atoms with Crippen molar-refractivity contribution in [2.45, 2.75) is 6.54 Å². The molecule has 0 saturated heterocycles.